The van der Waals surface area contributed by atoms with Crippen LogP contribution in [0.4, 0.5) is 4.79 Å². The molecule has 0 radical (unpaired) electrons. The molecular weight excluding hydrogens is 240 g/mol. The Hall–Kier alpha value is -1.34. The SMILES string of the molecule is C[C@@H]1CN(C(=O)N[C@H](C(=O)O)[C@@H](C)O)C[C@H](C)O1. The van der Waals surface area contributed by atoms with Crippen molar-refractivity contribution in [1.82, 2.24) is 10.2 Å². The first-order valence-electron chi connectivity index (χ1n) is 5.93. The molecular formula is C11H20N2O5. The number of morpholine rings is 1. The first kappa shape index (κ1) is 14.7. The topological polar surface area (TPSA) is 99.1 Å². The number of rotatable bonds is 3. The normalized spacial score (nSPS) is 27.4. The zero-order valence-corrected chi connectivity index (χ0v) is 10.8. The van der Waals surface area contributed by atoms with Gasteiger partial charge in [0.1, 0.15) is 0 Å². The molecule has 7 nitrogen and oxygen atoms in total. The maximum Gasteiger partial charge on any atom is 0.328 e. The van der Waals surface area contributed by atoms with Crippen molar-refractivity contribution in [3.8, 4) is 0 Å². The Morgan fingerprint density at radius 2 is 1.83 bits per heavy atom. The van der Waals surface area contributed by atoms with E-state index in [0.717, 1.165) is 0 Å². The number of aliphatic hydroxyl groups is 1. The van der Waals surface area contributed by atoms with Crippen LogP contribution in [0.25, 0.3) is 0 Å². The van der Waals surface area contributed by atoms with Crippen molar-refractivity contribution < 1.29 is 24.5 Å². The molecule has 0 bridgehead atoms. The predicted molar refractivity (Wildman–Crippen MR) is 63.2 cm³/mol. The second-order valence-corrected chi connectivity index (χ2v) is 4.67. The van der Waals surface area contributed by atoms with Crippen molar-refractivity contribution in [2.24, 2.45) is 0 Å². The molecule has 0 unspecified atom stereocenters. The van der Waals surface area contributed by atoms with Crippen LogP contribution in [0.2, 0.25) is 0 Å². The molecule has 1 aliphatic heterocycles. The van der Waals surface area contributed by atoms with E-state index >= 15 is 0 Å². The van der Waals surface area contributed by atoms with Gasteiger partial charge in [0.25, 0.3) is 0 Å². The first-order chi connectivity index (χ1) is 8.31. The van der Waals surface area contributed by atoms with Crippen molar-refractivity contribution in [3.63, 3.8) is 0 Å². The van der Waals surface area contributed by atoms with E-state index in [0.29, 0.717) is 13.1 Å². The minimum atomic E-state index is -1.30. The van der Waals surface area contributed by atoms with E-state index in [-0.39, 0.29) is 12.2 Å². The molecule has 0 spiro atoms. The summed E-state index contributed by atoms with van der Waals surface area (Å²) >= 11 is 0. The fourth-order valence-electron chi connectivity index (χ4n) is 1.96. The van der Waals surface area contributed by atoms with Gasteiger partial charge < -0.3 is 25.2 Å². The number of carbonyl (C=O) groups is 2. The van der Waals surface area contributed by atoms with Crippen molar-refractivity contribution in [1.29, 1.82) is 0 Å². The molecule has 18 heavy (non-hydrogen) atoms. The van der Waals surface area contributed by atoms with Gasteiger partial charge in [0.05, 0.1) is 18.3 Å². The highest BCUT2D eigenvalue weighted by molar-refractivity contribution is 5.83. The predicted octanol–water partition coefficient (Wildman–Crippen LogP) is -0.361. The monoisotopic (exact) mass is 260 g/mol. The molecule has 1 fully saturated rings. The van der Waals surface area contributed by atoms with Crippen LogP contribution in [0.1, 0.15) is 20.8 Å². The molecule has 2 amide bonds. The maximum atomic E-state index is 11.9. The highest BCUT2D eigenvalue weighted by Gasteiger charge is 2.30. The Bertz CT molecular complexity index is 311. The number of carbonyl (C=O) groups excluding carboxylic acids is 1. The van der Waals surface area contributed by atoms with Gasteiger partial charge in [-0.2, -0.15) is 0 Å². The Morgan fingerprint density at radius 3 is 2.22 bits per heavy atom. The number of nitrogens with zero attached hydrogens (tertiary/aromatic N) is 1. The summed E-state index contributed by atoms with van der Waals surface area (Å²) in [6.07, 6.45) is -1.33. The van der Waals surface area contributed by atoms with Gasteiger partial charge in [0, 0.05) is 13.1 Å². The lowest BCUT2D eigenvalue weighted by Crippen LogP contribution is -2.56. The van der Waals surface area contributed by atoms with Gasteiger partial charge in [-0.1, -0.05) is 0 Å². The summed E-state index contributed by atoms with van der Waals surface area (Å²) in [4.78, 5) is 24.3. The summed E-state index contributed by atoms with van der Waals surface area (Å²) in [5.74, 6) is -1.26. The fourth-order valence-corrected chi connectivity index (χ4v) is 1.96. The van der Waals surface area contributed by atoms with Gasteiger partial charge >= 0.3 is 12.0 Å². The molecule has 0 aromatic carbocycles. The van der Waals surface area contributed by atoms with Crippen LogP contribution in [0.5, 0.6) is 0 Å². The van der Waals surface area contributed by atoms with Crippen molar-refractivity contribution >= 4 is 12.0 Å². The Morgan fingerprint density at radius 1 is 1.33 bits per heavy atom. The van der Waals surface area contributed by atoms with E-state index in [4.69, 9.17) is 9.84 Å². The third-order valence-corrected chi connectivity index (χ3v) is 2.73. The van der Waals surface area contributed by atoms with E-state index < -0.39 is 24.1 Å². The van der Waals surface area contributed by atoms with Gasteiger partial charge in [-0.25, -0.2) is 9.59 Å². The molecule has 104 valence electrons. The summed E-state index contributed by atoms with van der Waals surface area (Å²) in [5.41, 5.74) is 0. The summed E-state index contributed by atoms with van der Waals surface area (Å²) in [7, 11) is 0. The number of carboxylic acid groups (broad SMARTS) is 1. The van der Waals surface area contributed by atoms with Crippen molar-refractivity contribution in [3.05, 3.63) is 0 Å². The number of amides is 2. The highest BCUT2D eigenvalue weighted by atomic mass is 16.5. The molecule has 1 heterocycles. The number of aliphatic hydroxyl groups excluding tert-OH is 1. The lowest BCUT2D eigenvalue weighted by molar-refractivity contribution is -0.141. The Kier molecular flexibility index (Phi) is 4.92. The minimum absolute atomic E-state index is 0.0886. The zero-order valence-electron chi connectivity index (χ0n) is 10.8. The van der Waals surface area contributed by atoms with Crippen LogP contribution in [-0.2, 0) is 9.53 Å². The number of nitrogens with one attached hydrogen (secondary N) is 1. The van der Waals surface area contributed by atoms with Gasteiger partial charge in [0.15, 0.2) is 6.04 Å². The molecule has 0 aromatic heterocycles. The molecule has 0 aliphatic carbocycles. The van der Waals surface area contributed by atoms with Gasteiger partial charge in [-0.05, 0) is 20.8 Å². The summed E-state index contributed by atoms with van der Waals surface area (Å²) in [5, 5.41) is 20.5. The molecule has 0 saturated carbocycles. The smallest absolute Gasteiger partial charge is 0.328 e. The average molecular weight is 260 g/mol. The Balaban J connectivity index is 2.61. The lowest BCUT2D eigenvalue weighted by atomic mass is 10.2. The van der Waals surface area contributed by atoms with Crippen LogP contribution >= 0.6 is 0 Å². The summed E-state index contributed by atoms with van der Waals surface area (Å²) < 4.78 is 5.48. The van der Waals surface area contributed by atoms with E-state index in [9.17, 15) is 14.7 Å². The molecule has 7 heteroatoms. The summed E-state index contributed by atoms with van der Waals surface area (Å²) in [6.45, 7) is 5.83. The number of ether oxygens (including phenoxy) is 1. The van der Waals surface area contributed by atoms with Crippen LogP contribution in [0.15, 0.2) is 0 Å². The largest absolute Gasteiger partial charge is 0.480 e. The molecule has 4 atom stereocenters. The van der Waals surface area contributed by atoms with Crippen LogP contribution in [0.3, 0.4) is 0 Å². The molecule has 1 saturated heterocycles. The fraction of sp³-hybridized carbons (Fsp3) is 0.818. The third kappa shape index (κ3) is 3.85. The van der Waals surface area contributed by atoms with Crippen LogP contribution in [0, 0.1) is 0 Å². The van der Waals surface area contributed by atoms with Crippen molar-refractivity contribution in [2.45, 2.75) is 45.1 Å². The van der Waals surface area contributed by atoms with Gasteiger partial charge in [-0.3, -0.25) is 0 Å². The molecule has 0 aromatic rings. The zero-order chi connectivity index (χ0) is 13.9. The van der Waals surface area contributed by atoms with Crippen LogP contribution in [-0.4, -0.2) is 64.6 Å². The number of aliphatic carboxylic acids is 1. The van der Waals surface area contributed by atoms with Gasteiger partial charge in [-0.15, -0.1) is 0 Å². The maximum absolute atomic E-state index is 11.9. The number of hydrogen-bond acceptors (Lipinski definition) is 4. The molecule has 3 N–H and O–H groups in total. The van der Waals surface area contributed by atoms with E-state index in [2.05, 4.69) is 5.32 Å². The lowest BCUT2D eigenvalue weighted by Gasteiger charge is -2.36. The standard InChI is InChI=1S/C11H20N2O5/c1-6-4-13(5-7(2)18-6)11(17)12-9(8(3)14)10(15)16/h6-9,14H,4-5H2,1-3H3,(H,12,17)(H,15,16)/t6-,7+,8-,9+/m1/s1. The number of hydrogen-bond donors (Lipinski definition) is 3. The van der Waals surface area contributed by atoms with E-state index in [1.807, 2.05) is 13.8 Å². The van der Waals surface area contributed by atoms with Gasteiger partial charge in [0.2, 0.25) is 0 Å². The number of urea groups is 1. The molecule has 1 aliphatic rings. The van der Waals surface area contributed by atoms with E-state index in [1.165, 1.54) is 11.8 Å². The number of carboxylic acids is 1. The second-order valence-electron chi connectivity index (χ2n) is 4.67. The van der Waals surface area contributed by atoms with E-state index in [1.54, 1.807) is 0 Å². The van der Waals surface area contributed by atoms with Crippen LogP contribution < -0.4 is 5.32 Å². The molecule has 1 rings (SSSR count). The summed E-state index contributed by atoms with van der Waals surface area (Å²) in [6, 6.07) is -1.80. The van der Waals surface area contributed by atoms with Crippen molar-refractivity contribution in [2.75, 3.05) is 13.1 Å². The Labute approximate surface area is 106 Å². The minimum Gasteiger partial charge on any atom is -0.480 e. The highest BCUT2D eigenvalue weighted by Crippen LogP contribution is 2.11. The first-order valence-corrected chi connectivity index (χ1v) is 5.93. The quantitative estimate of drug-likeness (QED) is 0.643. The average Bonchev–Trinajstić information content (AvgIpc) is 2.23. The second kappa shape index (κ2) is 6.01. The third-order valence-electron chi connectivity index (χ3n) is 2.73.